The molecule has 0 aromatic heterocycles. The quantitative estimate of drug-likeness (QED) is 0.911. The highest BCUT2D eigenvalue weighted by atomic mass is 19.4. The number of carboxylic acids is 1. The number of benzene rings is 2. The monoisotopic (exact) mass is 296 g/mol. The van der Waals surface area contributed by atoms with Crippen molar-refractivity contribution in [2.24, 2.45) is 0 Å². The molecule has 110 valence electrons. The third-order valence-electron chi connectivity index (χ3n) is 3.01. The summed E-state index contributed by atoms with van der Waals surface area (Å²) in [6.07, 6.45) is -6.00. The zero-order valence-electron chi connectivity index (χ0n) is 10.6. The molecular weight excluding hydrogens is 285 g/mol. The third-order valence-corrected chi connectivity index (χ3v) is 3.01. The average Bonchev–Trinajstić information content (AvgIpc) is 2.46. The smallest absolute Gasteiger partial charge is 0.416 e. The molecule has 1 unspecified atom stereocenters. The van der Waals surface area contributed by atoms with E-state index >= 15 is 0 Å². The maximum Gasteiger partial charge on any atom is 0.416 e. The Bertz CT molecular complexity index is 631. The van der Waals surface area contributed by atoms with E-state index in [4.69, 9.17) is 5.11 Å². The molecule has 0 saturated carbocycles. The maximum atomic E-state index is 12.5. The van der Waals surface area contributed by atoms with Crippen molar-refractivity contribution in [1.82, 2.24) is 0 Å². The Hall–Kier alpha value is -2.34. The van der Waals surface area contributed by atoms with E-state index < -0.39 is 23.8 Å². The molecule has 6 heteroatoms. The molecule has 0 aliphatic carbocycles. The summed E-state index contributed by atoms with van der Waals surface area (Å²) in [5.74, 6) is -1.36. The average molecular weight is 296 g/mol. The fraction of sp³-hybridized carbons (Fsp3) is 0.133. The molecule has 0 aliphatic rings. The van der Waals surface area contributed by atoms with Gasteiger partial charge in [-0.3, -0.25) is 0 Å². The second-order valence-corrected chi connectivity index (χ2v) is 4.44. The van der Waals surface area contributed by atoms with Gasteiger partial charge < -0.3 is 10.2 Å². The maximum absolute atomic E-state index is 12.5. The minimum Gasteiger partial charge on any atom is -0.479 e. The number of rotatable bonds is 3. The Labute approximate surface area is 118 Å². The molecule has 21 heavy (non-hydrogen) atoms. The summed E-state index contributed by atoms with van der Waals surface area (Å²) in [7, 11) is 0. The molecule has 0 heterocycles. The number of aliphatic carboxylic acids is 1. The van der Waals surface area contributed by atoms with Crippen LogP contribution < -0.4 is 0 Å². The van der Waals surface area contributed by atoms with Crippen LogP contribution in [0.3, 0.4) is 0 Å². The summed E-state index contributed by atoms with van der Waals surface area (Å²) >= 11 is 0. The molecule has 0 spiro atoms. The Morgan fingerprint density at radius 3 is 1.71 bits per heavy atom. The van der Waals surface area contributed by atoms with Gasteiger partial charge in [-0.2, -0.15) is 13.2 Å². The zero-order chi connectivity index (χ0) is 15.6. The van der Waals surface area contributed by atoms with Crippen LogP contribution in [-0.4, -0.2) is 16.2 Å². The van der Waals surface area contributed by atoms with E-state index in [9.17, 15) is 23.1 Å². The Balaban J connectivity index is 2.25. The molecule has 0 radical (unpaired) electrons. The lowest BCUT2D eigenvalue weighted by atomic mass is 10.0. The van der Waals surface area contributed by atoms with Gasteiger partial charge in [0.1, 0.15) is 0 Å². The van der Waals surface area contributed by atoms with Gasteiger partial charge in [0.15, 0.2) is 6.10 Å². The van der Waals surface area contributed by atoms with Gasteiger partial charge >= 0.3 is 12.1 Å². The highest BCUT2D eigenvalue weighted by Gasteiger charge is 2.29. The minimum atomic E-state index is -4.38. The lowest BCUT2D eigenvalue weighted by Crippen LogP contribution is -2.10. The van der Waals surface area contributed by atoms with E-state index in [2.05, 4.69) is 0 Å². The van der Waals surface area contributed by atoms with Gasteiger partial charge in [-0.1, -0.05) is 36.4 Å². The molecule has 2 aromatic rings. The van der Waals surface area contributed by atoms with Crippen molar-refractivity contribution in [3.05, 3.63) is 59.7 Å². The first-order chi connectivity index (χ1) is 9.79. The topological polar surface area (TPSA) is 57.5 Å². The first kappa shape index (κ1) is 15.1. The van der Waals surface area contributed by atoms with Gasteiger partial charge in [0.25, 0.3) is 0 Å². The fourth-order valence-corrected chi connectivity index (χ4v) is 1.85. The minimum absolute atomic E-state index is 0.207. The SMILES string of the molecule is O=C(O)C(O)c1ccc(-c2ccc(C(F)(F)F)cc2)cc1. The van der Waals surface area contributed by atoms with Crippen LogP contribution >= 0.6 is 0 Å². The van der Waals surface area contributed by atoms with Crippen LogP contribution in [-0.2, 0) is 11.0 Å². The summed E-state index contributed by atoms with van der Waals surface area (Å²) in [6.45, 7) is 0. The molecular formula is C15H11F3O3. The van der Waals surface area contributed by atoms with Crippen LogP contribution in [0.5, 0.6) is 0 Å². The molecule has 2 N–H and O–H groups in total. The van der Waals surface area contributed by atoms with Gasteiger partial charge in [0.2, 0.25) is 0 Å². The Morgan fingerprint density at radius 2 is 1.33 bits per heavy atom. The molecule has 0 bridgehead atoms. The van der Waals surface area contributed by atoms with Crippen molar-refractivity contribution < 1.29 is 28.2 Å². The fourth-order valence-electron chi connectivity index (χ4n) is 1.85. The largest absolute Gasteiger partial charge is 0.479 e. The number of carboxylic acid groups (broad SMARTS) is 1. The first-order valence-electron chi connectivity index (χ1n) is 5.97. The van der Waals surface area contributed by atoms with Crippen molar-refractivity contribution in [2.75, 3.05) is 0 Å². The number of hydrogen-bond acceptors (Lipinski definition) is 2. The molecule has 0 saturated heterocycles. The molecule has 0 amide bonds. The summed E-state index contributed by atoms with van der Waals surface area (Å²) < 4.78 is 37.4. The Morgan fingerprint density at radius 1 is 0.905 bits per heavy atom. The van der Waals surface area contributed by atoms with Crippen molar-refractivity contribution in [1.29, 1.82) is 0 Å². The van der Waals surface area contributed by atoms with Crippen molar-refractivity contribution in [2.45, 2.75) is 12.3 Å². The highest BCUT2D eigenvalue weighted by molar-refractivity contribution is 5.74. The van der Waals surface area contributed by atoms with Crippen LogP contribution in [0, 0.1) is 0 Å². The standard InChI is InChI=1S/C15H11F3O3/c16-15(17,18)12-7-5-10(6-8-12)9-1-3-11(4-2-9)13(19)14(20)21/h1-8,13,19H,(H,20,21). The normalized spacial score (nSPS) is 13.0. The van der Waals surface area contributed by atoms with E-state index in [1.807, 2.05) is 0 Å². The Kier molecular flexibility index (Phi) is 3.99. The number of alkyl halides is 3. The van der Waals surface area contributed by atoms with Gasteiger partial charge in [-0.05, 0) is 28.8 Å². The van der Waals surface area contributed by atoms with Crippen LogP contribution in [0.4, 0.5) is 13.2 Å². The summed E-state index contributed by atoms with van der Waals surface area (Å²) in [5, 5.41) is 18.0. The number of aliphatic hydroxyl groups is 1. The second kappa shape index (κ2) is 5.57. The molecule has 3 nitrogen and oxygen atoms in total. The van der Waals surface area contributed by atoms with E-state index in [-0.39, 0.29) is 5.56 Å². The second-order valence-electron chi connectivity index (χ2n) is 4.44. The number of hydrogen-bond donors (Lipinski definition) is 2. The van der Waals surface area contributed by atoms with Crippen LogP contribution in [0.25, 0.3) is 11.1 Å². The molecule has 1 atom stereocenters. The first-order valence-corrected chi connectivity index (χ1v) is 5.97. The van der Waals surface area contributed by atoms with Crippen LogP contribution in [0.1, 0.15) is 17.2 Å². The predicted octanol–water partition coefficient (Wildman–Crippen LogP) is 3.49. The number of carbonyl (C=O) groups is 1. The van der Waals surface area contributed by atoms with E-state index in [0.29, 0.717) is 11.1 Å². The summed E-state index contributed by atoms with van der Waals surface area (Å²) in [6, 6.07) is 10.6. The van der Waals surface area contributed by atoms with Gasteiger partial charge in [-0.25, -0.2) is 4.79 Å². The van der Waals surface area contributed by atoms with E-state index in [0.717, 1.165) is 12.1 Å². The van der Waals surface area contributed by atoms with Gasteiger partial charge in [0, 0.05) is 0 Å². The highest BCUT2D eigenvalue weighted by Crippen LogP contribution is 2.31. The summed E-state index contributed by atoms with van der Waals surface area (Å²) in [5.41, 5.74) is 0.673. The molecule has 0 fully saturated rings. The van der Waals surface area contributed by atoms with E-state index in [1.165, 1.54) is 24.3 Å². The molecule has 2 rings (SSSR count). The predicted molar refractivity (Wildman–Crippen MR) is 69.5 cm³/mol. The molecule has 2 aromatic carbocycles. The molecule has 0 aliphatic heterocycles. The van der Waals surface area contributed by atoms with Crippen molar-refractivity contribution >= 4 is 5.97 Å². The van der Waals surface area contributed by atoms with Crippen molar-refractivity contribution in [3.63, 3.8) is 0 Å². The third kappa shape index (κ3) is 3.41. The van der Waals surface area contributed by atoms with Gasteiger partial charge in [0.05, 0.1) is 5.56 Å². The number of aliphatic hydroxyl groups excluding tert-OH is 1. The van der Waals surface area contributed by atoms with Gasteiger partial charge in [-0.15, -0.1) is 0 Å². The van der Waals surface area contributed by atoms with Crippen molar-refractivity contribution in [3.8, 4) is 11.1 Å². The lowest BCUT2D eigenvalue weighted by molar-refractivity contribution is -0.147. The summed E-state index contributed by atoms with van der Waals surface area (Å²) in [4.78, 5) is 10.6. The van der Waals surface area contributed by atoms with E-state index in [1.54, 1.807) is 12.1 Å². The zero-order valence-corrected chi connectivity index (χ0v) is 10.6. The number of halogens is 3. The van der Waals surface area contributed by atoms with Crippen LogP contribution in [0.2, 0.25) is 0 Å². The lowest BCUT2D eigenvalue weighted by Gasteiger charge is -2.09. The van der Waals surface area contributed by atoms with Crippen LogP contribution in [0.15, 0.2) is 48.5 Å².